The molecule has 3 rings (SSSR count). The minimum Gasteiger partial charge on any atom is -0.393 e. The molecular formula is C28H41FO3. The van der Waals surface area contributed by atoms with E-state index >= 15 is 0 Å². The van der Waals surface area contributed by atoms with Gasteiger partial charge in [0.2, 0.25) is 0 Å². The highest BCUT2D eigenvalue weighted by atomic mass is 19.1. The third-order valence-electron chi connectivity index (χ3n) is 8.37. The number of alkyl halides is 1. The monoisotopic (exact) mass is 444 g/mol. The van der Waals surface area contributed by atoms with Gasteiger partial charge in [0.15, 0.2) is 12.0 Å². The van der Waals surface area contributed by atoms with Gasteiger partial charge in [0, 0.05) is 18.4 Å². The Morgan fingerprint density at radius 2 is 2.03 bits per heavy atom. The highest BCUT2D eigenvalue weighted by molar-refractivity contribution is 5.99. The van der Waals surface area contributed by atoms with E-state index in [0.29, 0.717) is 23.8 Å². The minimum atomic E-state index is -1.58. The second-order valence-electron chi connectivity index (χ2n) is 10.4. The Balaban J connectivity index is 1.73. The number of aliphatic hydroxyl groups excluding tert-OH is 1. The predicted octanol–water partition coefficient (Wildman–Crippen LogP) is 6.17. The van der Waals surface area contributed by atoms with Gasteiger partial charge in [0.05, 0.1) is 11.7 Å². The summed E-state index contributed by atoms with van der Waals surface area (Å²) in [6.07, 6.45) is 14.9. The Labute approximate surface area is 193 Å². The summed E-state index contributed by atoms with van der Waals surface area (Å²) in [6.45, 7) is 8.68. The molecule has 3 aliphatic rings. The molecule has 0 spiro atoms. The van der Waals surface area contributed by atoms with Crippen molar-refractivity contribution in [1.29, 1.82) is 0 Å². The van der Waals surface area contributed by atoms with Crippen molar-refractivity contribution in [3.8, 4) is 0 Å². The molecule has 5 atom stereocenters. The van der Waals surface area contributed by atoms with E-state index in [2.05, 4.69) is 32.1 Å². The molecule has 5 unspecified atom stereocenters. The summed E-state index contributed by atoms with van der Waals surface area (Å²) in [5.74, 6) is 0.267. The summed E-state index contributed by atoms with van der Waals surface area (Å²) < 4.78 is 13.9. The molecule has 32 heavy (non-hydrogen) atoms. The summed E-state index contributed by atoms with van der Waals surface area (Å²) in [7, 11) is 0. The van der Waals surface area contributed by atoms with Crippen molar-refractivity contribution in [2.24, 2.45) is 17.3 Å². The second-order valence-corrected chi connectivity index (χ2v) is 10.4. The molecule has 0 saturated heterocycles. The summed E-state index contributed by atoms with van der Waals surface area (Å²) >= 11 is 0. The molecular weight excluding hydrogens is 403 g/mol. The molecule has 0 heterocycles. The van der Waals surface area contributed by atoms with Crippen LogP contribution in [0, 0.1) is 17.3 Å². The average Bonchev–Trinajstić information content (AvgIpc) is 3.12. The van der Waals surface area contributed by atoms with Crippen LogP contribution in [0.3, 0.4) is 0 Å². The number of carbonyl (C=O) groups is 1. The van der Waals surface area contributed by atoms with E-state index < -0.39 is 23.7 Å². The Morgan fingerprint density at radius 3 is 2.72 bits per heavy atom. The Kier molecular flexibility index (Phi) is 7.98. The first kappa shape index (κ1) is 25.1. The topological polar surface area (TPSA) is 57.5 Å². The molecule has 2 N–H and O–H groups in total. The van der Waals surface area contributed by atoms with E-state index in [-0.39, 0.29) is 18.3 Å². The number of allylic oxidation sites excluding steroid dienone is 6. The third kappa shape index (κ3) is 5.17. The summed E-state index contributed by atoms with van der Waals surface area (Å²) in [5, 5.41) is 20.4. The molecule has 2 fully saturated rings. The molecule has 0 aromatic rings. The van der Waals surface area contributed by atoms with Gasteiger partial charge < -0.3 is 10.2 Å². The average molecular weight is 445 g/mol. The Hall–Kier alpha value is -1.52. The fraction of sp³-hybridized carbons (Fsp3) is 0.679. The predicted molar refractivity (Wildman–Crippen MR) is 128 cm³/mol. The SMILES string of the molecule is CCC(O)(CC)CC=CC(C)C1=CCC2C(=CC=C3CC(O)CC(F)C3=O)CCCC12C. The van der Waals surface area contributed by atoms with Crippen LogP contribution in [0.25, 0.3) is 0 Å². The number of Topliss-reactive ketones (excluding diaryl/α,β-unsaturated/α-hetero) is 1. The summed E-state index contributed by atoms with van der Waals surface area (Å²) in [4.78, 5) is 12.2. The number of fused-ring (bicyclic) bond motifs is 1. The fourth-order valence-corrected chi connectivity index (χ4v) is 6.03. The molecule has 3 nitrogen and oxygen atoms in total. The van der Waals surface area contributed by atoms with Crippen molar-refractivity contribution < 1.29 is 19.4 Å². The quantitative estimate of drug-likeness (QED) is 0.365. The van der Waals surface area contributed by atoms with Crippen LogP contribution in [-0.4, -0.2) is 33.9 Å². The first-order chi connectivity index (χ1) is 15.1. The molecule has 0 aliphatic heterocycles. The van der Waals surface area contributed by atoms with E-state index in [1.54, 1.807) is 6.08 Å². The fourth-order valence-electron chi connectivity index (χ4n) is 6.03. The van der Waals surface area contributed by atoms with Crippen molar-refractivity contribution in [2.45, 2.75) is 103 Å². The maximum atomic E-state index is 13.9. The standard InChI is InChI=1S/C28H41FO3/c1-5-28(32,6-2)16-7-9-19(3)23-13-14-24-20(10-8-15-27(23,24)4)11-12-21-17-22(30)18-25(29)26(21)31/h7,9,11-13,19,22,24-25,30,32H,5-6,8,10,14-18H2,1-4H3. The van der Waals surface area contributed by atoms with Crippen molar-refractivity contribution in [2.75, 3.05) is 0 Å². The normalized spacial score (nSPS) is 34.9. The van der Waals surface area contributed by atoms with Crippen LogP contribution in [0.15, 0.2) is 47.1 Å². The zero-order valence-corrected chi connectivity index (χ0v) is 20.2. The number of ketones is 1. The molecule has 3 aliphatic carbocycles. The maximum Gasteiger partial charge on any atom is 0.193 e. The van der Waals surface area contributed by atoms with Gasteiger partial charge in [0.1, 0.15) is 0 Å². The van der Waals surface area contributed by atoms with Gasteiger partial charge in [-0.2, -0.15) is 0 Å². The van der Waals surface area contributed by atoms with Gasteiger partial charge in [-0.25, -0.2) is 4.39 Å². The lowest BCUT2D eigenvalue weighted by Gasteiger charge is -2.42. The van der Waals surface area contributed by atoms with Gasteiger partial charge in [-0.3, -0.25) is 4.79 Å². The summed E-state index contributed by atoms with van der Waals surface area (Å²) in [6, 6.07) is 0. The molecule has 0 radical (unpaired) electrons. The molecule has 0 amide bonds. The largest absolute Gasteiger partial charge is 0.393 e. The van der Waals surface area contributed by atoms with Gasteiger partial charge in [0.25, 0.3) is 0 Å². The van der Waals surface area contributed by atoms with E-state index in [9.17, 15) is 19.4 Å². The molecule has 0 bridgehead atoms. The van der Waals surface area contributed by atoms with Crippen LogP contribution in [0.4, 0.5) is 4.39 Å². The lowest BCUT2D eigenvalue weighted by molar-refractivity contribution is -0.123. The van der Waals surface area contributed by atoms with E-state index in [1.165, 1.54) is 11.1 Å². The van der Waals surface area contributed by atoms with Gasteiger partial charge in [-0.1, -0.05) is 69.2 Å². The van der Waals surface area contributed by atoms with Crippen LogP contribution < -0.4 is 0 Å². The summed E-state index contributed by atoms with van der Waals surface area (Å²) in [5.41, 5.74) is 2.71. The van der Waals surface area contributed by atoms with Crippen LogP contribution >= 0.6 is 0 Å². The smallest absolute Gasteiger partial charge is 0.193 e. The van der Waals surface area contributed by atoms with E-state index in [4.69, 9.17) is 0 Å². The lowest BCUT2D eigenvalue weighted by Crippen LogP contribution is -2.32. The Morgan fingerprint density at radius 1 is 1.31 bits per heavy atom. The van der Waals surface area contributed by atoms with Crippen molar-refractivity contribution in [3.05, 3.63) is 47.1 Å². The van der Waals surface area contributed by atoms with E-state index in [0.717, 1.165) is 38.5 Å². The van der Waals surface area contributed by atoms with Gasteiger partial charge in [-0.15, -0.1) is 0 Å². The lowest BCUT2D eigenvalue weighted by atomic mass is 9.62. The number of hydrogen-bond acceptors (Lipinski definition) is 3. The van der Waals surface area contributed by atoms with Gasteiger partial charge in [-0.05, 0) is 62.2 Å². The molecule has 0 aromatic carbocycles. The van der Waals surface area contributed by atoms with Crippen LogP contribution in [0.5, 0.6) is 0 Å². The van der Waals surface area contributed by atoms with Crippen molar-refractivity contribution in [3.63, 3.8) is 0 Å². The zero-order chi connectivity index (χ0) is 23.5. The Bertz CT molecular complexity index is 817. The highest BCUT2D eigenvalue weighted by Crippen LogP contribution is 2.56. The first-order valence-electron chi connectivity index (χ1n) is 12.5. The second kappa shape index (κ2) is 10.2. The number of halogens is 1. The van der Waals surface area contributed by atoms with Crippen LogP contribution in [0.2, 0.25) is 0 Å². The molecule has 0 aromatic heterocycles. The van der Waals surface area contributed by atoms with Crippen LogP contribution in [-0.2, 0) is 4.79 Å². The molecule has 2 saturated carbocycles. The number of rotatable bonds is 7. The number of carbonyl (C=O) groups excluding carboxylic acids is 1. The number of hydrogen-bond donors (Lipinski definition) is 2. The molecule has 178 valence electrons. The number of aliphatic hydroxyl groups is 2. The van der Waals surface area contributed by atoms with E-state index in [1.807, 2.05) is 19.9 Å². The first-order valence-corrected chi connectivity index (χ1v) is 12.5. The minimum absolute atomic E-state index is 0.0833. The zero-order valence-electron chi connectivity index (χ0n) is 20.2. The highest BCUT2D eigenvalue weighted by Gasteiger charge is 2.45. The molecule has 4 heteroatoms. The van der Waals surface area contributed by atoms with Gasteiger partial charge >= 0.3 is 0 Å². The van der Waals surface area contributed by atoms with Crippen LogP contribution in [0.1, 0.15) is 85.5 Å². The third-order valence-corrected chi connectivity index (χ3v) is 8.37. The van der Waals surface area contributed by atoms with Crippen molar-refractivity contribution >= 4 is 5.78 Å². The maximum absolute atomic E-state index is 13.9. The van der Waals surface area contributed by atoms with Crippen molar-refractivity contribution in [1.82, 2.24) is 0 Å².